The molecule has 0 bridgehead atoms. The monoisotopic (exact) mass is 266 g/mol. The molecule has 1 aliphatic rings. The third-order valence-electron chi connectivity index (χ3n) is 3.47. The summed E-state index contributed by atoms with van der Waals surface area (Å²) in [6.07, 6.45) is 1.50. The van der Waals surface area contributed by atoms with E-state index in [-0.39, 0.29) is 30.0 Å². The van der Waals surface area contributed by atoms with Crippen LogP contribution in [0.4, 0.5) is 0 Å². The van der Waals surface area contributed by atoms with E-state index >= 15 is 0 Å². The van der Waals surface area contributed by atoms with Gasteiger partial charge in [-0.2, -0.15) is 0 Å². The van der Waals surface area contributed by atoms with Crippen molar-refractivity contribution in [3.8, 4) is 0 Å². The third kappa shape index (κ3) is 2.72. The number of Topliss-reactive ketones (excluding diaryl/α,β-unsaturated/α-hetero) is 1. The molecule has 0 aromatic heterocycles. The molecular weight excluding hydrogens is 252 g/mol. The maximum Gasteiger partial charge on any atom is 0.309 e. The maximum atomic E-state index is 11.8. The van der Waals surface area contributed by atoms with E-state index < -0.39 is 0 Å². The van der Waals surface area contributed by atoms with Crippen molar-refractivity contribution in [2.75, 3.05) is 7.11 Å². The smallest absolute Gasteiger partial charge is 0.309 e. The van der Waals surface area contributed by atoms with Gasteiger partial charge in [0.05, 0.1) is 13.0 Å². The van der Waals surface area contributed by atoms with Crippen LogP contribution in [0.15, 0.2) is 24.3 Å². The lowest BCUT2D eigenvalue weighted by atomic mass is 9.75. The van der Waals surface area contributed by atoms with Gasteiger partial charge in [-0.15, -0.1) is 0 Å². The van der Waals surface area contributed by atoms with Crippen LogP contribution in [0, 0.1) is 5.92 Å². The average molecular weight is 267 g/mol. The molecule has 0 radical (unpaired) electrons. The molecule has 0 heterocycles. The Bertz CT molecular complexity index is 453. The van der Waals surface area contributed by atoms with Crippen LogP contribution in [-0.4, -0.2) is 18.9 Å². The Morgan fingerprint density at radius 2 is 2.00 bits per heavy atom. The van der Waals surface area contributed by atoms with Gasteiger partial charge in [-0.3, -0.25) is 9.59 Å². The Labute approximate surface area is 111 Å². The van der Waals surface area contributed by atoms with Crippen LogP contribution < -0.4 is 0 Å². The molecule has 1 aromatic carbocycles. The Morgan fingerprint density at radius 1 is 1.33 bits per heavy atom. The molecule has 2 rings (SSSR count). The average Bonchev–Trinajstić information content (AvgIpc) is 2.39. The van der Waals surface area contributed by atoms with Crippen molar-refractivity contribution in [3.05, 3.63) is 34.9 Å². The van der Waals surface area contributed by atoms with E-state index in [4.69, 9.17) is 16.3 Å². The summed E-state index contributed by atoms with van der Waals surface area (Å²) in [4.78, 5) is 23.3. The Hall–Kier alpha value is -1.35. The summed E-state index contributed by atoms with van der Waals surface area (Å²) in [5, 5.41) is 0.667. The van der Waals surface area contributed by atoms with Crippen LogP contribution >= 0.6 is 11.6 Å². The number of hydrogen-bond donors (Lipinski definition) is 0. The summed E-state index contributed by atoms with van der Waals surface area (Å²) in [7, 11) is 1.36. The number of ketones is 1. The van der Waals surface area contributed by atoms with Crippen molar-refractivity contribution in [3.63, 3.8) is 0 Å². The maximum absolute atomic E-state index is 11.8. The van der Waals surface area contributed by atoms with Crippen LogP contribution in [0.1, 0.15) is 30.7 Å². The largest absolute Gasteiger partial charge is 0.469 e. The van der Waals surface area contributed by atoms with Crippen LogP contribution in [0.25, 0.3) is 0 Å². The molecule has 18 heavy (non-hydrogen) atoms. The standard InChI is InChI=1S/C14H15ClO3/c1-18-14(17)13-8-11(16)6-7-12(13)9-2-4-10(15)5-3-9/h2-5,12-13H,6-8H2,1H3/t12-,13+/m1/s1. The van der Waals surface area contributed by atoms with Crippen molar-refractivity contribution in [1.29, 1.82) is 0 Å². The third-order valence-corrected chi connectivity index (χ3v) is 3.72. The molecule has 0 spiro atoms. The topological polar surface area (TPSA) is 43.4 Å². The Morgan fingerprint density at radius 3 is 2.61 bits per heavy atom. The highest BCUT2D eigenvalue weighted by molar-refractivity contribution is 6.30. The fourth-order valence-corrected chi connectivity index (χ4v) is 2.64. The Kier molecular flexibility index (Phi) is 4.02. The number of rotatable bonds is 2. The number of ether oxygens (including phenoxy) is 1. The lowest BCUT2D eigenvalue weighted by molar-refractivity contribution is -0.149. The molecule has 0 saturated heterocycles. The van der Waals surface area contributed by atoms with Crippen molar-refractivity contribution in [2.45, 2.75) is 25.2 Å². The van der Waals surface area contributed by atoms with Crippen molar-refractivity contribution in [1.82, 2.24) is 0 Å². The van der Waals surface area contributed by atoms with E-state index in [1.807, 2.05) is 24.3 Å². The lowest BCUT2D eigenvalue weighted by Gasteiger charge is -2.29. The van der Waals surface area contributed by atoms with Gasteiger partial charge in [-0.1, -0.05) is 23.7 Å². The van der Waals surface area contributed by atoms with Gasteiger partial charge in [0.25, 0.3) is 0 Å². The fourth-order valence-electron chi connectivity index (χ4n) is 2.52. The number of carbonyl (C=O) groups is 2. The van der Waals surface area contributed by atoms with E-state index in [1.165, 1.54) is 7.11 Å². The predicted octanol–water partition coefficient (Wildman–Crippen LogP) is 2.97. The van der Waals surface area contributed by atoms with Gasteiger partial charge in [-0.05, 0) is 30.0 Å². The first-order valence-corrected chi connectivity index (χ1v) is 6.34. The summed E-state index contributed by atoms with van der Waals surface area (Å²) in [5.74, 6) is -0.483. The van der Waals surface area contributed by atoms with Crippen LogP contribution in [0.5, 0.6) is 0 Å². The van der Waals surface area contributed by atoms with Gasteiger partial charge in [-0.25, -0.2) is 0 Å². The fraction of sp³-hybridized carbons (Fsp3) is 0.429. The molecule has 0 aliphatic heterocycles. The van der Waals surface area contributed by atoms with E-state index in [2.05, 4.69) is 0 Å². The summed E-state index contributed by atoms with van der Waals surface area (Å²) in [6.45, 7) is 0. The van der Waals surface area contributed by atoms with Gasteiger partial charge in [0.1, 0.15) is 5.78 Å². The molecule has 2 atom stereocenters. The van der Waals surface area contributed by atoms with Crippen LogP contribution in [0.2, 0.25) is 5.02 Å². The van der Waals surface area contributed by atoms with Crippen LogP contribution in [-0.2, 0) is 14.3 Å². The number of benzene rings is 1. The quantitative estimate of drug-likeness (QED) is 0.773. The molecule has 1 aromatic rings. The number of methoxy groups -OCH3 is 1. The molecule has 0 amide bonds. The molecule has 0 N–H and O–H groups in total. The molecular formula is C14H15ClO3. The minimum atomic E-state index is -0.363. The van der Waals surface area contributed by atoms with E-state index in [0.717, 1.165) is 5.56 Å². The molecule has 3 nitrogen and oxygen atoms in total. The SMILES string of the molecule is COC(=O)[C@H]1CC(=O)CC[C@@H]1c1ccc(Cl)cc1. The summed E-state index contributed by atoms with van der Waals surface area (Å²) in [5.41, 5.74) is 1.04. The van der Waals surface area contributed by atoms with Gasteiger partial charge in [0.15, 0.2) is 0 Å². The first-order chi connectivity index (χ1) is 8.61. The summed E-state index contributed by atoms with van der Waals surface area (Å²) < 4.78 is 4.80. The predicted molar refractivity (Wildman–Crippen MR) is 68.6 cm³/mol. The van der Waals surface area contributed by atoms with E-state index in [1.54, 1.807) is 0 Å². The molecule has 4 heteroatoms. The number of carbonyl (C=O) groups excluding carboxylic acids is 2. The number of halogens is 1. The van der Waals surface area contributed by atoms with E-state index in [0.29, 0.717) is 17.9 Å². The molecule has 96 valence electrons. The highest BCUT2D eigenvalue weighted by Gasteiger charge is 2.36. The number of esters is 1. The van der Waals surface area contributed by atoms with Gasteiger partial charge in [0.2, 0.25) is 0 Å². The van der Waals surface area contributed by atoms with Gasteiger partial charge in [0, 0.05) is 17.9 Å². The molecule has 1 aliphatic carbocycles. The normalized spacial score (nSPS) is 23.8. The summed E-state index contributed by atoms with van der Waals surface area (Å²) in [6, 6.07) is 7.45. The summed E-state index contributed by atoms with van der Waals surface area (Å²) >= 11 is 5.85. The van der Waals surface area contributed by atoms with Gasteiger partial charge >= 0.3 is 5.97 Å². The first kappa shape index (κ1) is 13.1. The zero-order chi connectivity index (χ0) is 13.1. The molecule has 0 unspecified atom stereocenters. The lowest BCUT2D eigenvalue weighted by Crippen LogP contribution is -2.30. The minimum absolute atomic E-state index is 0.0485. The second-order valence-electron chi connectivity index (χ2n) is 4.57. The molecule has 1 saturated carbocycles. The second kappa shape index (κ2) is 5.53. The number of hydrogen-bond acceptors (Lipinski definition) is 3. The van der Waals surface area contributed by atoms with Crippen molar-refractivity contribution >= 4 is 23.4 Å². The first-order valence-electron chi connectivity index (χ1n) is 5.97. The highest BCUT2D eigenvalue weighted by Crippen LogP contribution is 2.37. The van der Waals surface area contributed by atoms with Crippen LogP contribution in [0.3, 0.4) is 0 Å². The molecule has 1 fully saturated rings. The minimum Gasteiger partial charge on any atom is -0.469 e. The van der Waals surface area contributed by atoms with Crippen molar-refractivity contribution in [2.24, 2.45) is 5.92 Å². The highest BCUT2D eigenvalue weighted by atomic mass is 35.5. The van der Waals surface area contributed by atoms with E-state index in [9.17, 15) is 9.59 Å². The van der Waals surface area contributed by atoms with Gasteiger partial charge < -0.3 is 4.74 Å². The zero-order valence-corrected chi connectivity index (χ0v) is 10.9. The zero-order valence-electron chi connectivity index (χ0n) is 10.2. The van der Waals surface area contributed by atoms with Crippen molar-refractivity contribution < 1.29 is 14.3 Å². The second-order valence-corrected chi connectivity index (χ2v) is 5.01. The Balaban J connectivity index is 2.25.